The molecule has 0 saturated carbocycles. The third-order valence-corrected chi connectivity index (χ3v) is 4.41. The zero-order valence-electron chi connectivity index (χ0n) is 15.9. The van der Waals surface area contributed by atoms with Crippen molar-refractivity contribution in [3.63, 3.8) is 0 Å². The summed E-state index contributed by atoms with van der Waals surface area (Å²) in [7, 11) is 1.67. The summed E-state index contributed by atoms with van der Waals surface area (Å²) in [6, 6.07) is 9.77. The number of halogens is 1. The Hall–Kier alpha value is -3.16. The lowest BCUT2D eigenvalue weighted by molar-refractivity contribution is 0.205. The van der Waals surface area contributed by atoms with Crippen molar-refractivity contribution in [1.82, 2.24) is 20.4 Å². The second-order valence-electron chi connectivity index (χ2n) is 6.45. The zero-order chi connectivity index (χ0) is 19.9. The van der Waals surface area contributed by atoms with Crippen LogP contribution in [0.5, 0.6) is 0 Å². The Balaban J connectivity index is 1.56. The third kappa shape index (κ3) is 4.97. The van der Waals surface area contributed by atoms with Crippen LogP contribution in [0.25, 0.3) is 0 Å². The van der Waals surface area contributed by atoms with Gasteiger partial charge < -0.3 is 19.2 Å². The van der Waals surface area contributed by atoms with Gasteiger partial charge in [0.2, 0.25) is 5.89 Å². The highest BCUT2D eigenvalue weighted by atomic mass is 19.1. The summed E-state index contributed by atoms with van der Waals surface area (Å²) in [6.07, 6.45) is 2.87. The van der Waals surface area contributed by atoms with Gasteiger partial charge in [0.05, 0.1) is 12.8 Å². The first-order valence-electron chi connectivity index (χ1n) is 9.16. The molecule has 3 rings (SSSR count). The van der Waals surface area contributed by atoms with Gasteiger partial charge in [-0.3, -0.25) is 0 Å². The van der Waals surface area contributed by atoms with Gasteiger partial charge in [0.15, 0.2) is 5.82 Å². The van der Waals surface area contributed by atoms with Crippen molar-refractivity contribution in [3.05, 3.63) is 71.5 Å². The van der Waals surface area contributed by atoms with E-state index in [1.807, 2.05) is 19.1 Å². The second kappa shape index (κ2) is 9.16. The Bertz CT molecular complexity index is 877. The molecule has 0 saturated heterocycles. The molecule has 0 spiro atoms. The van der Waals surface area contributed by atoms with E-state index in [-0.39, 0.29) is 24.3 Å². The van der Waals surface area contributed by atoms with Crippen LogP contribution < -0.4 is 5.32 Å². The minimum absolute atomic E-state index is 0.0782. The number of carbonyl (C=O) groups excluding carboxylic acids is 1. The van der Waals surface area contributed by atoms with E-state index < -0.39 is 0 Å². The van der Waals surface area contributed by atoms with E-state index in [0.717, 1.165) is 11.3 Å². The molecule has 2 heterocycles. The zero-order valence-corrected chi connectivity index (χ0v) is 15.9. The summed E-state index contributed by atoms with van der Waals surface area (Å²) in [5.74, 6) is 1.42. The van der Waals surface area contributed by atoms with Gasteiger partial charge in [-0.25, -0.2) is 9.18 Å². The number of urea groups is 1. The smallest absolute Gasteiger partial charge is 0.317 e. The number of benzene rings is 1. The molecule has 0 fully saturated rings. The normalized spacial score (nSPS) is 12.0. The van der Waals surface area contributed by atoms with Gasteiger partial charge >= 0.3 is 6.03 Å². The number of nitrogens with one attached hydrogen (secondary N) is 1. The lowest BCUT2D eigenvalue weighted by Crippen LogP contribution is -2.37. The number of aryl methyl sites for hydroxylation is 1. The number of furan rings is 1. The monoisotopic (exact) mass is 386 g/mol. The lowest BCUT2D eigenvalue weighted by atomic mass is 9.93. The summed E-state index contributed by atoms with van der Waals surface area (Å²) in [6.45, 7) is 2.61. The molecule has 1 aromatic carbocycles. The SMILES string of the molecule is CCc1nc(CN(C)C(=O)NCCC(c2ccc(F)cc2)c2ccco2)no1. The highest BCUT2D eigenvalue weighted by Gasteiger charge is 2.18. The summed E-state index contributed by atoms with van der Waals surface area (Å²) in [5, 5.41) is 6.73. The van der Waals surface area contributed by atoms with Crippen molar-refractivity contribution in [1.29, 1.82) is 0 Å². The van der Waals surface area contributed by atoms with Crippen molar-refractivity contribution in [2.45, 2.75) is 32.2 Å². The average molecular weight is 386 g/mol. The van der Waals surface area contributed by atoms with Crippen molar-refractivity contribution in [2.24, 2.45) is 0 Å². The molecular weight excluding hydrogens is 363 g/mol. The molecule has 8 heteroatoms. The van der Waals surface area contributed by atoms with Crippen LogP contribution in [0.4, 0.5) is 9.18 Å². The van der Waals surface area contributed by atoms with Crippen LogP contribution in [0.1, 0.15) is 42.3 Å². The maximum atomic E-state index is 13.2. The summed E-state index contributed by atoms with van der Waals surface area (Å²) < 4.78 is 23.8. The molecule has 7 nitrogen and oxygen atoms in total. The van der Waals surface area contributed by atoms with Gasteiger partial charge in [0.1, 0.15) is 11.6 Å². The molecule has 1 atom stereocenters. The van der Waals surface area contributed by atoms with Crippen molar-refractivity contribution >= 4 is 6.03 Å². The van der Waals surface area contributed by atoms with Crippen LogP contribution in [-0.4, -0.2) is 34.7 Å². The van der Waals surface area contributed by atoms with Crippen LogP contribution in [0.15, 0.2) is 51.6 Å². The van der Waals surface area contributed by atoms with Crippen LogP contribution in [-0.2, 0) is 13.0 Å². The Morgan fingerprint density at radius 1 is 1.29 bits per heavy atom. The summed E-state index contributed by atoms with van der Waals surface area (Å²) in [5.41, 5.74) is 0.929. The quantitative estimate of drug-likeness (QED) is 0.638. The number of hydrogen-bond donors (Lipinski definition) is 1. The minimum Gasteiger partial charge on any atom is -0.469 e. The second-order valence-corrected chi connectivity index (χ2v) is 6.45. The standard InChI is InChI=1S/C20H23FN4O3/c1-3-19-23-18(24-28-19)13-25(2)20(26)22-11-10-16(17-5-4-12-27-17)14-6-8-15(21)9-7-14/h4-9,12,16H,3,10-11,13H2,1-2H3,(H,22,26). The number of amides is 2. The maximum Gasteiger partial charge on any atom is 0.317 e. The first-order valence-corrected chi connectivity index (χ1v) is 9.16. The van der Waals surface area contributed by atoms with Crippen molar-refractivity contribution in [2.75, 3.05) is 13.6 Å². The topological polar surface area (TPSA) is 84.4 Å². The Kier molecular flexibility index (Phi) is 6.41. The van der Waals surface area contributed by atoms with E-state index in [0.29, 0.717) is 31.1 Å². The molecular formula is C20H23FN4O3. The highest BCUT2D eigenvalue weighted by molar-refractivity contribution is 5.73. The largest absolute Gasteiger partial charge is 0.469 e. The van der Waals surface area contributed by atoms with Crippen LogP contribution in [0.3, 0.4) is 0 Å². The maximum absolute atomic E-state index is 13.2. The Morgan fingerprint density at radius 3 is 2.71 bits per heavy atom. The predicted octanol–water partition coefficient (Wildman–Crippen LogP) is 3.73. The molecule has 2 amide bonds. The lowest BCUT2D eigenvalue weighted by Gasteiger charge is -2.19. The van der Waals surface area contributed by atoms with Gasteiger partial charge in [-0.1, -0.05) is 24.2 Å². The number of carbonyl (C=O) groups is 1. The molecule has 0 aliphatic heterocycles. The Labute approximate surface area is 162 Å². The molecule has 2 aromatic heterocycles. The molecule has 0 aliphatic rings. The fraction of sp³-hybridized carbons (Fsp3) is 0.350. The number of nitrogens with zero attached hydrogens (tertiary/aromatic N) is 3. The molecule has 0 aliphatic carbocycles. The number of hydrogen-bond acceptors (Lipinski definition) is 5. The van der Waals surface area contributed by atoms with Crippen LogP contribution in [0, 0.1) is 5.82 Å². The number of rotatable bonds is 8. The van der Waals surface area contributed by atoms with E-state index in [2.05, 4.69) is 15.5 Å². The van der Waals surface area contributed by atoms with Crippen LogP contribution >= 0.6 is 0 Å². The van der Waals surface area contributed by atoms with Gasteiger partial charge in [-0.2, -0.15) is 4.98 Å². The molecule has 1 N–H and O–H groups in total. The fourth-order valence-corrected chi connectivity index (χ4v) is 2.90. The minimum atomic E-state index is -0.287. The molecule has 0 bridgehead atoms. The van der Waals surface area contributed by atoms with Gasteiger partial charge in [0.25, 0.3) is 0 Å². The number of aromatic nitrogens is 2. The third-order valence-electron chi connectivity index (χ3n) is 4.41. The molecule has 0 radical (unpaired) electrons. The molecule has 28 heavy (non-hydrogen) atoms. The summed E-state index contributed by atoms with van der Waals surface area (Å²) >= 11 is 0. The average Bonchev–Trinajstić information content (AvgIpc) is 3.38. The van der Waals surface area contributed by atoms with E-state index in [1.165, 1.54) is 17.0 Å². The van der Waals surface area contributed by atoms with Crippen LogP contribution in [0.2, 0.25) is 0 Å². The van der Waals surface area contributed by atoms with Gasteiger partial charge in [0, 0.05) is 25.9 Å². The van der Waals surface area contributed by atoms with Gasteiger partial charge in [-0.05, 0) is 36.2 Å². The van der Waals surface area contributed by atoms with Crippen molar-refractivity contribution in [3.8, 4) is 0 Å². The summed E-state index contributed by atoms with van der Waals surface area (Å²) in [4.78, 5) is 18.0. The molecule has 1 unspecified atom stereocenters. The Morgan fingerprint density at radius 2 is 2.07 bits per heavy atom. The fourth-order valence-electron chi connectivity index (χ4n) is 2.90. The van der Waals surface area contributed by atoms with E-state index in [4.69, 9.17) is 8.94 Å². The predicted molar refractivity (Wildman–Crippen MR) is 100 cm³/mol. The van der Waals surface area contributed by atoms with Gasteiger partial charge in [-0.15, -0.1) is 0 Å². The first-order chi connectivity index (χ1) is 13.6. The van der Waals surface area contributed by atoms with Crippen molar-refractivity contribution < 1.29 is 18.1 Å². The molecule has 148 valence electrons. The van der Waals surface area contributed by atoms with E-state index >= 15 is 0 Å². The highest BCUT2D eigenvalue weighted by Crippen LogP contribution is 2.28. The molecule has 3 aromatic rings. The van der Waals surface area contributed by atoms with E-state index in [1.54, 1.807) is 25.4 Å². The first kappa shape index (κ1) is 19.6. The van der Waals surface area contributed by atoms with E-state index in [9.17, 15) is 9.18 Å².